The first-order valence-corrected chi connectivity index (χ1v) is 9.89. The number of hydrogen-bond acceptors (Lipinski definition) is 4. The number of rotatable bonds is 3. The van der Waals surface area contributed by atoms with Gasteiger partial charge < -0.3 is 14.7 Å². The molecule has 2 aromatic carbocycles. The van der Waals surface area contributed by atoms with Crippen LogP contribution >= 0.6 is 15.9 Å². The number of benzene rings is 2. The normalized spacial score (nSPS) is 16.7. The lowest BCUT2D eigenvalue weighted by molar-refractivity contribution is 0.184. The molecule has 2 amide bonds. The zero-order valence-corrected chi connectivity index (χ0v) is 16.8. The zero-order valence-electron chi connectivity index (χ0n) is 15.2. The number of carbonyl (C=O) groups excluding carboxylic acids is 1. The van der Waals surface area contributed by atoms with Crippen molar-refractivity contribution in [2.24, 2.45) is 0 Å². The lowest BCUT2D eigenvalue weighted by Gasteiger charge is -2.31. The van der Waals surface area contributed by atoms with Gasteiger partial charge in [-0.1, -0.05) is 21.1 Å². The fourth-order valence-corrected chi connectivity index (χ4v) is 3.52. The van der Waals surface area contributed by atoms with E-state index in [9.17, 15) is 13.6 Å². The van der Waals surface area contributed by atoms with E-state index < -0.39 is 11.6 Å². The summed E-state index contributed by atoms with van der Waals surface area (Å²) in [7, 11) is 0. The van der Waals surface area contributed by atoms with Crippen LogP contribution in [0.5, 0.6) is 0 Å². The summed E-state index contributed by atoms with van der Waals surface area (Å²) in [4.78, 5) is 18.6. The molecule has 6 nitrogen and oxygen atoms in total. The average molecular weight is 463 g/mol. The summed E-state index contributed by atoms with van der Waals surface area (Å²) < 4.78 is 32.8. The lowest BCUT2D eigenvalue weighted by atomic mass is 9.98. The first-order chi connectivity index (χ1) is 14.0. The summed E-state index contributed by atoms with van der Waals surface area (Å²) in [6.07, 6.45) is 1.59. The molecule has 150 valence electrons. The van der Waals surface area contributed by atoms with Gasteiger partial charge in [-0.05, 0) is 49.2 Å². The van der Waals surface area contributed by atoms with E-state index in [0.717, 1.165) is 35.0 Å². The van der Waals surface area contributed by atoms with Crippen molar-refractivity contribution >= 4 is 27.6 Å². The number of aromatic nitrogens is 2. The number of nitrogens with zero attached hydrogens (tertiary/aromatic N) is 3. The van der Waals surface area contributed by atoms with Crippen molar-refractivity contribution in [1.29, 1.82) is 0 Å². The van der Waals surface area contributed by atoms with Crippen molar-refractivity contribution in [1.82, 2.24) is 15.0 Å². The van der Waals surface area contributed by atoms with Crippen LogP contribution in [0.25, 0.3) is 11.4 Å². The van der Waals surface area contributed by atoms with Gasteiger partial charge in [0, 0.05) is 34.9 Å². The molecule has 1 atom stereocenters. The van der Waals surface area contributed by atoms with Crippen LogP contribution in [0.2, 0.25) is 0 Å². The quantitative estimate of drug-likeness (QED) is 0.581. The van der Waals surface area contributed by atoms with Crippen LogP contribution in [0.15, 0.2) is 51.5 Å². The Balaban J connectivity index is 1.43. The molecule has 0 bridgehead atoms. The topological polar surface area (TPSA) is 71.3 Å². The minimum Gasteiger partial charge on any atom is -0.339 e. The van der Waals surface area contributed by atoms with Gasteiger partial charge in [0.25, 0.3) is 0 Å². The largest absolute Gasteiger partial charge is 0.339 e. The molecule has 0 radical (unpaired) electrons. The van der Waals surface area contributed by atoms with E-state index in [0.29, 0.717) is 24.8 Å². The molecule has 29 heavy (non-hydrogen) atoms. The number of nitrogens with one attached hydrogen (secondary N) is 1. The maximum absolute atomic E-state index is 13.3. The highest BCUT2D eigenvalue weighted by Gasteiger charge is 2.29. The Morgan fingerprint density at radius 1 is 1.17 bits per heavy atom. The van der Waals surface area contributed by atoms with E-state index in [4.69, 9.17) is 4.52 Å². The highest BCUT2D eigenvalue weighted by molar-refractivity contribution is 9.10. The Kier molecular flexibility index (Phi) is 5.57. The Morgan fingerprint density at radius 3 is 2.72 bits per heavy atom. The van der Waals surface area contributed by atoms with Crippen LogP contribution < -0.4 is 5.32 Å². The SMILES string of the molecule is O=C(Nc1ccc(F)c(F)c1)N1CCCC(c2nc(-c3ccc(Br)cc3)no2)C1. The fourth-order valence-electron chi connectivity index (χ4n) is 3.26. The predicted molar refractivity (Wildman–Crippen MR) is 106 cm³/mol. The van der Waals surface area contributed by atoms with Crippen LogP contribution in [0, 0.1) is 11.6 Å². The molecule has 4 rings (SSSR count). The molecule has 9 heteroatoms. The first-order valence-electron chi connectivity index (χ1n) is 9.10. The minimum absolute atomic E-state index is 0.0869. The van der Waals surface area contributed by atoms with Crippen molar-refractivity contribution in [2.45, 2.75) is 18.8 Å². The van der Waals surface area contributed by atoms with E-state index in [-0.39, 0.29) is 17.6 Å². The molecular formula is C20H17BrF2N4O2. The molecule has 0 spiro atoms. The van der Waals surface area contributed by atoms with Crippen LogP contribution in [0.1, 0.15) is 24.7 Å². The molecule has 1 aliphatic heterocycles. The molecule has 1 saturated heterocycles. The number of likely N-dealkylation sites (tertiary alicyclic amines) is 1. The van der Waals surface area contributed by atoms with E-state index in [1.54, 1.807) is 4.90 Å². The Bertz CT molecular complexity index is 1030. The highest BCUT2D eigenvalue weighted by atomic mass is 79.9. The number of piperidine rings is 1. The molecule has 3 aromatic rings. The number of anilines is 1. The van der Waals surface area contributed by atoms with Crippen molar-refractivity contribution in [3.8, 4) is 11.4 Å². The smallest absolute Gasteiger partial charge is 0.321 e. The first kappa shape index (κ1) is 19.5. The third-order valence-electron chi connectivity index (χ3n) is 4.77. The van der Waals surface area contributed by atoms with Crippen LogP contribution in [0.4, 0.5) is 19.3 Å². The fraction of sp³-hybridized carbons (Fsp3) is 0.250. The van der Waals surface area contributed by atoms with Crippen molar-refractivity contribution in [2.75, 3.05) is 18.4 Å². The standard InChI is InChI=1S/C20H17BrF2N4O2/c21-14-5-3-12(4-6-14)18-25-19(29-26-18)13-2-1-9-27(11-13)20(28)24-15-7-8-16(22)17(23)10-15/h3-8,10,13H,1-2,9,11H2,(H,24,28). The van der Waals surface area contributed by atoms with Crippen LogP contribution in [0.3, 0.4) is 0 Å². The second kappa shape index (κ2) is 8.28. The van der Waals surface area contributed by atoms with Gasteiger partial charge >= 0.3 is 6.03 Å². The van der Waals surface area contributed by atoms with Crippen LogP contribution in [-0.2, 0) is 0 Å². The second-order valence-electron chi connectivity index (χ2n) is 6.81. The third kappa shape index (κ3) is 4.45. The van der Waals surface area contributed by atoms with E-state index in [1.165, 1.54) is 6.07 Å². The lowest BCUT2D eigenvalue weighted by Crippen LogP contribution is -2.41. The van der Waals surface area contributed by atoms with Gasteiger partial charge in [0.1, 0.15) is 0 Å². The van der Waals surface area contributed by atoms with Gasteiger partial charge in [-0.25, -0.2) is 13.6 Å². The highest BCUT2D eigenvalue weighted by Crippen LogP contribution is 2.28. The average Bonchev–Trinajstić information content (AvgIpc) is 3.22. The maximum atomic E-state index is 13.3. The number of carbonyl (C=O) groups is 1. The van der Waals surface area contributed by atoms with Gasteiger partial charge in [0.05, 0.1) is 5.92 Å². The number of urea groups is 1. The summed E-state index contributed by atoms with van der Waals surface area (Å²) in [6.45, 7) is 0.956. The Hall–Kier alpha value is -2.81. The molecule has 1 N–H and O–H groups in total. The van der Waals surface area contributed by atoms with Gasteiger partial charge in [-0.15, -0.1) is 0 Å². The van der Waals surface area contributed by atoms with E-state index in [2.05, 4.69) is 31.4 Å². The van der Waals surface area contributed by atoms with E-state index >= 15 is 0 Å². The van der Waals surface area contributed by atoms with Gasteiger partial charge in [0.2, 0.25) is 11.7 Å². The zero-order chi connectivity index (χ0) is 20.4. The van der Waals surface area contributed by atoms with Crippen LogP contribution in [-0.4, -0.2) is 34.2 Å². The molecule has 1 fully saturated rings. The molecule has 1 aromatic heterocycles. The molecule has 0 saturated carbocycles. The van der Waals surface area contributed by atoms with Gasteiger partial charge in [0.15, 0.2) is 11.6 Å². The molecule has 1 unspecified atom stereocenters. The Morgan fingerprint density at radius 2 is 1.97 bits per heavy atom. The van der Waals surface area contributed by atoms with Crippen molar-refractivity contribution in [3.63, 3.8) is 0 Å². The monoisotopic (exact) mass is 462 g/mol. The molecule has 0 aliphatic carbocycles. The van der Waals surface area contributed by atoms with Crippen molar-refractivity contribution < 1.29 is 18.1 Å². The third-order valence-corrected chi connectivity index (χ3v) is 5.30. The summed E-state index contributed by atoms with van der Waals surface area (Å²) in [5, 5.41) is 6.65. The minimum atomic E-state index is -1.01. The molecule has 2 heterocycles. The van der Waals surface area contributed by atoms with Crippen molar-refractivity contribution in [3.05, 3.63) is 64.5 Å². The van der Waals surface area contributed by atoms with Gasteiger partial charge in [-0.3, -0.25) is 0 Å². The van der Waals surface area contributed by atoms with Gasteiger partial charge in [-0.2, -0.15) is 4.98 Å². The predicted octanol–water partition coefficient (Wildman–Crippen LogP) is 5.19. The maximum Gasteiger partial charge on any atom is 0.321 e. The number of amides is 2. The number of hydrogen-bond donors (Lipinski definition) is 1. The Labute approximate surface area is 174 Å². The summed E-state index contributed by atoms with van der Waals surface area (Å²) in [5.41, 5.74) is 1.04. The summed E-state index contributed by atoms with van der Waals surface area (Å²) >= 11 is 3.39. The second-order valence-corrected chi connectivity index (χ2v) is 7.72. The molecular weight excluding hydrogens is 446 g/mol. The molecule has 1 aliphatic rings. The van der Waals surface area contributed by atoms with E-state index in [1.807, 2.05) is 24.3 Å². The number of halogens is 3. The summed E-state index contributed by atoms with van der Waals surface area (Å²) in [5.74, 6) is -1.08. The summed E-state index contributed by atoms with van der Waals surface area (Å²) in [6, 6.07) is 10.5.